The van der Waals surface area contributed by atoms with Crippen LogP contribution in [0.15, 0.2) is 24.3 Å². The summed E-state index contributed by atoms with van der Waals surface area (Å²) in [5.41, 5.74) is 1.64. The third kappa shape index (κ3) is 12.4. The number of ether oxygens (including phenoxy) is 2. The van der Waals surface area contributed by atoms with Gasteiger partial charge in [0.2, 0.25) is 29.5 Å². The summed E-state index contributed by atoms with van der Waals surface area (Å²) in [6, 6.07) is 7.36. The number of ketones is 1. The monoisotopic (exact) mass is 668 g/mol. The Morgan fingerprint density at radius 2 is 1.35 bits per heavy atom. The molecule has 0 radical (unpaired) electrons. The van der Waals surface area contributed by atoms with Crippen LogP contribution in [0.5, 0.6) is 0 Å². The average Bonchev–Trinajstić information content (AvgIpc) is 3.86. The first-order valence-electron chi connectivity index (χ1n) is 17.7. The fourth-order valence-corrected chi connectivity index (χ4v) is 6.82. The molecule has 2 aliphatic carbocycles. The van der Waals surface area contributed by atoms with Crippen molar-refractivity contribution in [1.82, 2.24) is 15.5 Å². The van der Waals surface area contributed by atoms with Gasteiger partial charge < -0.3 is 25.4 Å². The van der Waals surface area contributed by atoms with Gasteiger partial charge in [-0.15, -0.1) is 0 Å². The summed E-state index contributed by atoms with van der Waals surface area (Å²) in [5.74, 6) is -0.229. The predicted molar refractivity (Wildman–Crippen MR) is 179 cm³/mol. The van der Waals surface area contributed by atoms with Crippen LogP contribution in [0, 0.1) is 17.8 Å². The zero-order valence-corrected chi connectivity index (χ0v) is 28.1. The van der Waals surface area contributed by atoms with Crippen molar-refractivity contribution in [3.8, 4) is 0 Å². The number of imide groups is 1. The van der Waals surface area contributed by atoms with Crippen LogP contribution in [-0.4, -0.2) is 86.3 Å². The Labute approximate surface area is 283 Å². The Bertz CT molecular complexity index is 1240. The van der Waals surface area contributed by atoms with Crippen LogP contribution in [0.25, 0.3) is 0 Å². The highest BCUT2D eigenvalue weighted by Crippen LogP contribution is 2.37. The second-order valence-electron chi connectivity index (χ2n) is 13.1. The zero-order chi connectivity index (χ0) is 34.1. The van der Waals surface area contributed by atoms with Crippen LogP contribution in [-0.2, 0) is 44.7 Å². The topological polar surface area (TPSA) is 160 Å². The Kier molecular flexibility index (Phi) is 15.5. The molecule has 5 amide bonds. The SMILES string of the molecule is O=C(CCc1ccc(NC(=O)CCOCCOCCNC(=O)CCN2C(=O)CC(C3CCCC3)C2=O)cc1)NCCC(=O)C1CCCC1. The molecule has 264 valence electrons. The molecule has 0 spiro atoms. The summed E-state index contributed by atoms with van der Waals surface area (Å²) in [6.45, 7) is 1.97. The van der Waals surface area contributed by atoms with Crippen molar-refractivity contribution in [2.75, 3.05) is 51.4 Å². The third-order valence-corrected chi connectivity index (χ3v) is 9.61. The van der Waals surface area contributed by atoms with E-state index in [4.69, 9.17) is 9.47 Å². The van der Waals surface area contributed by atoms with Gasteiger partial charge in [0.05, 0.1) is 38.8 Å². The van der Waals surface area contributed by atoms with E-state index in [9.17, 15) is 28.8 Å². The molecule has 0 aromatic heterocycles. The smallest absolute Gasteiger partial charge is 0.233 e. The summed E-state index contributed by atoms with van der Waals surface area (Å²) in [6.07, 6.45) is 10.3. The second kappa shape index (κ2) is 20.0. The van der Waals surface area contributed by atoms with Crippen LogP contribution in [0.2, 0.25) is 0 Å². The molecule has 3 N–H and O–H groups in total. The van der Waals surface area contributed by atoms with E-state index in [1.807, 2.05) is 12.1 Å². The number of aryl methyl sites for hydroxylation is 1. The van der Waals surface area contributed by atoms with E-state index in [1.165, 1.54) is 4.90 Å². The maximum absolute atomic E-state index is 12.7. The molecule has 3 aliphatic rings. The molecular formula is C36H52N4O8. The van der Waals surface area contributed by atoms with Crippen molar-refractivity contribution in [3.63, 3.8) is 0 Å². The number of hydrogen-bond donors (Lipinski definition) is 3. The Morgan fingerprint density at radius 3 is 2.08 bits per heavy atom. The summed E-state index contributed by atoms with van der Waals surface area (Å²) < 4.78 is 10.9. The minimum Gasteiger partial charge on any atom is -0.379 e. The lowest BCUT2D eigenvalue weighted by atomic mass is 9.89. The molecule has 3 fully saturated rings. The maximum Gasteiger partial charge on any atom is 0.233 e. The first kappa shape index (κ1) is 37.2. The highest BCUT2D eigenvalue weighted by molar-refractivity contribution is 6.04. The summed E-state index contributed by atoms with van der Waals surface area (Å²) in [7, 11) is 0. The second-order valence-corrected chi connectivity index (χ2v) is 13.1. The van der Waals surface area contributed by atoms with Crippen LogP contribution >= 0.6 is 0 Å². The number of carbonyl (C=O) groups is 6. The lowest BCUT2D eigenvalue weighted by Crippen LogP contribution is -2.36. The number of carbonyl (C=O) groups excluding carboxylic acids is 6. The van der Waals surface area contributed by atoms with E-state index in [-0.39, 0.29) is 79.6 Å². The van der Waals surface area contributed by atoms with Gasteiger partial charge in [-0.2, -0.15) is 0 Å². The quantitative estimate of drug-likeness (QED) is 0.133. The van der Waals surface area contributed by atoms with Gasteiger partial charge in [0.1, 0.15) is 5.78 Å². The number of rotatable bonds is 21. The predicted octanol–water partition coefficient (Wildman–Crippen LogP) is 3.32. The molecule has 4 rings (SSSR count). The van der Waals surface area contributed by atoms with Gasteiger partial charge in [0, 0.05) is 56.9 Å². The number of nitrogens with one attached hydrogen (secondary N) is 3. The summed E-state index contributed by atoms with van der Waals surface area (Å²) in [5, 5.41) is 8.41. The molecule has 1 unspecified atom stereocenters. The number of benzene rings is 1. The third-order valence-electron chi connectivity index (χ3n) is 9.61. The lowest BCUT2D eigenvalue weighted by molar-refractivity contribution is -0.140. The molecule has 12 nitrogen and oxygen atoms in total. The molecule has 1 aliphatic heterocycles. The molecular weight excluding hydrogens is 616 g/mol. The first-order chi connectivity index (χ1) is 23.3. The van der Waals surface area contributed by atoms with E-state index in [0.29, 0.717) is 63.8 Å². The van der Waals surface area contributed by atoms with Crippen LogP contribution in [0.3, 0.4) is 0 Å². The number of nitrogens with zero attached hydrogens (tertiary/aromatic N) is 1. The Hall–Kier alpha value is -3.64. The highest BCUT2D eigenvalue weighted by Gasteiger charge is 2.43. The number of hydrogen-bond acceptors (Lipinski definition) is 8. The van der Waals surface area contributed by atoms with Crippen LogP contribution < -0.4 is 16.0 Å². The van der Waals surface area contributed by atoms with Gasteiger partial charge in [-0.1, -0.05) is 37.8 Å². The van der Waals surface area contributed by atoms with Gasteiger partial charge in [0.15, 0.2) is 0 Å². The first-order valence-corrected chi connectivity index (χ1v) is 17.7. The molecule has 1 aromatic carbocycles. The fraction of sp³-hybridized carbons (Fsp3) is 0.667. The van der Waals surface area contributed by atoms with E-state index < -0.39 is 0 Å². The molecule has 0 bridgehead atoms. The lowest BCUT2D eigenvalue weighted by Gasteiger charge is -2.17. The largest absolute Gasteiger partial charge is 0.379 e. The van der Waals surface area contributed by atoms with Crippen molar-refractivity contribution in [1.29, 1.82) is 0 Å². The number of amides is 5. The van der Waals surface area contributed by atoms with Crippen molar-refractivity contribution >= 4 is 41.0 Å². The van der Waals surface area contributed by atoms with Crippen LogP contribution in [0.4, 0.5) is 5.69 Å². The van der Waals surface area contributed by atoms with Crippen molar-refractivity contribution in [2.45, 2.75) is 89.9 Å². The van der Waals surface area contributed by atoms with Gasteiger partial charge in [0.25, 0.3) is 0 Å². The molecule has 1 aromatic rings. The molecule has 1 heterocycles. The normalized spacial score (nSPS) is 18.4. The minimum atomic E-state index is -0.234. The molecule has 2 saturated carbocycles. The molecule has 1 saturated heterocycles. The fourth-order valence-electron chi connectivity index (χ4n) is 6.82. The standard InChI is InChI=1S/C36H52N4O8/c41-31(28-7-3-4-8-28)15-18-37-32(42)14-11-26-9-12-29(13-10-26)39-34(44)17-21-47-23-24-48-22-19-38-33(43)16-20-40-35(45)25-30(36(40)46)27-5-1-2-6-27/h9-10,12-13,27-28,30H,1-8,11,14-25H2,(H,37,42)(H,38,43)(H,39,44). The van der Waals surface area contributed by atoms with E-state index >= 15 is 0 Å². The van der Waals surface area contributed by atoms with Gasteiger partial charge in [-0.25, -0.2) is 0 Å². The van der Waals surface area contributed by atoms with E-state index in [0.717, 1.165) is 56.9 Å². The van der Waals surface area contributed by atoms with Gasteiger partial charge in [-0.05, 0) is 55.7 Å². The van der Waals surface area contributed by atoms with E-state index in [2.05, 4.69) is 16.0 Å². The minimum absolute atomic E-state index is 0.0710. The molecule has 1 atom stereocenters. The Morgan fingerprint density at radius 1 is 0.708 bits per heavy atom. The number of anilines is 1. The Balaban J connectivity index is 0.951. The van der Waals surface area contributed by atoms with Crippen molar-refractivity contribution in [2.24, 2.45) is 17.8 Å². The van der Waals surface area contributed by atoms with Gasteiger partial charge >= 0.3 is 0 Å². The van der Waals surface area contributed by atoms with Crippen molar-refractivity contribution < 1.29 is 38.2 Å². The number of Topliss-reactive ketones (excluding diaryl/α,β-unsaturated/α-hetero) is 1. The maximum atomic E-state index is 12.7. The van der Waals surface area contributed by atoms with E-state index in [1.54, 1.807) is 12.1 Å². The molecule has 12 heteroatoms. The zero-order valence-electron chi connectivity index (χ0n) is 28.1. The number of likely N-dealkylation sites (tertiary alicyclic amines) is 1. The summed E-state index contributed by atoms with van der Waals surface area (Å²) in [4.78, 5) is 74.9. The summed E-state index contributed by atoms with van der Waals surface area (Å²) >= 11 is 0. The van der Waals surface area contributed by atoms with Crippen LogP contribution in [0.1, 0.15) is 89.0 Å². The van der Waals surface area contributed by atoms with Gasteiger partial charge in [-0.3, -0.25) is 33.7 Å². The van der Waals surface area contributed by atoms with Crippen molar-refractivity contribution in [3.05, 3.63) is 29.8 Å². The average molecular weight is 669 g/mol. The highest BCUT2D eigenvalue weighted by atomic mass is 16.5. The molecule has 48 heavy (non-hydrogen) atoms.